The zero-order valence-electron chi connectivity index (χ0n) is 16.5. The van der Waals surface area contributed by atoms with Crippen LogP contribution in [0.3, 0.4) is 0 Å². The fraction of sp³-hybridized carbons (Fsp3) is 0.350. The number of ether oxygens (including phenoxy) is 1. The number of carbonyl (C=O) groups is 1. The van der Waals surface area contributed by atoms with Crippen molar-refractivity contribution in [2.75, 3.05) is 38.0 Å². The van der Waals surface area contributed by atoms with Gasteiger partial charge in [-0.1, -0.05) is 29.6 Å². The van der Waals surface area contributed by atoms with Crippen LogP contribution in [0.15, 0.2) is 34.4 Å². The predicted molar refractivity (Wildman–Crippen MR) is 122 cm³/mol. The van der Waals surface area contributed by atoms with Gasteiger partial charge in [-0.25, -0.2) is 9.97 Å². The van der Waals surface area contributed by atoms with Crippen molar-refractivity contribution in [1.29, 1.82) is 0 Å². The van der Waals surface area contributed by atoms with Gasteiger partial charge in [-0.15, -0.1) is 11.3 Å². The molecule has 4 rings (SSSR count). The molecule has 0 saturated carbocycles. The van der Waals surface area contributed by atoms with Crippen LogP contribution in [-0.4, -0.2) is 53.5 Å². The fourth-order valence-electron chi connectivity index (χ4n) is 3.30. The van der Waals surface area contributed by atoms with Gasteiger partial charge in [0.2, 0.25) is 5.91 Å². The van der Waals surface area contributed by atoms with E-state index in [4.69, 9.17) is 14.7 Å². The lowest BCUT2D eigenvalue weighted by atomic mass is 10.1. The molecule has 0 fully saturated rings. The number of carbonyl (C=O) groups excluding carboxylic acids is 1. The van der Waals surface area contributed by atoms with Gasteiger partial charge in [0, 0.05) is 35.1 Å². The summed E-state index contributed by atoms with van der Waals surface area (Å²) in [5.74, 6) is 0.943. The van der Waals surface area contributed by atoms with E-state index in [9.17, 15) is 4.79 Å². The molecule has 1 aromatic carbocycles. The molecule has 0 atom stereocenters. The third-order valence-electron chi connectivity index (χ3n) is 4.71. The van der Waals surface area contributed by atoms with Crippen LogP contribution >= 0.6 is 34.9 Å². The SMILES string of the molecule is COc1cccc(NC(=O)CSc2nc(SC)nc3sc4c(c23)CCN(C)C4)c1. The Morgan fingerprint density at radius 2 is 2.24 bits per heavy atom. The van der Waals surface area contributed by atoms with Crippen molar-refractivity contribution >= 4 is 56.7 Å². The summed E-state index contributed by atoms with van der Waals surface area (Å²) in [5.41, 5.74) is 2.08. The first-order chi connectivity index (χ1) is 14.1. The van der Waals surface area contributed by atoms with Crippen molar-refractivity contribution in [2.45, 2.75) is 23.1 Å². The maximum absolute atomic E-state index is 12.5. The Balaban J connectivity index is 1.56. The highest BCUT2D eigenvalue weighted by Gasteiger charge is 2.23. The first-order valence-corrected chi connectivity index (χ1v) is 12.2. The summed E-state index contributed by atoms with van der Waals surface area (Å²) >= 11 is 4.77. The molecule has 0 unspecified atom stereocenters. The Labute approximate surface area is 182 Å². The third kappa shape index (κ3) is 4.53. The molecule has 6 nitrogen and oxygen atoms in total. The summed E-state index contributed by atoms with van der Waals surface area (Å²) < 4.78 is 5.21. The Bertz CT molecular complexity index is 1050. The van der Waals surface area contributed by atoms with Gasteiger partial charge in [-0.2, -0.15) is 0 Å². The molecule has 29 heavy (non-hydrogen) atoms. The smallest absolute Gasteiger partial charge is 0.234 e. The van der Waals surface area contributed by atoms with Crippen LogP contribution in [0.2, 0.25) is 0 Å². The number of aromatic nitrogens is 2. The van der Waals surface area contributed by atoms with Gasteiger partial charge in [-0.05, 0) is 37.4 Å². The van der Waals surface area contributed by atoms with E-state index in [1.807, 2.05) is 30.5 Å². The number of nitrogens with zero attached hydrogens (tertiary/aromatic N) is 3. The number of rotatable bonds is 6. The van der Waals surface area contributed by atoms with Crippen LogP contribution in [0.25, 0.3) is 10.2 Å². The summed E-state index contributed by atoms with van der Waals surface area (Å²) in [6.07, 6.45) is 2.98. The Hall–Kier alpha value is -1.81. The zero-order chi connectivity index (χ0) is 20.4. The van der Waals surface area contributed by atoms with Crippen LogP contribution in [0.4, 0.5) is 5.69 Å². The molecular formula is C20H22N4O2S3. The number of benzene rings is 1. The maximum Gasteiger partial charge on any atom is 0.234 e. The number of thiophene rings is 1. The second-order valence-corrected chi connectivity index (χ2v) is 9.58. The van der Waals surface area contributed by atoms with E-state index in [1.54, 1.807) is 18.4 Å². The minimum absolute atomic E-state index is 0.0652. The second-order valence-electron chi connectivity index (χ2n) is 6.76. The summed E-state index contributed by atoms with van der Waals surface area (Å²) in [7, 11) is 3.75. The van der Waals surface area contributed by atoms with Crippen molar-refractivity contribution in [3.8, 4) is 5.75 Å². The Morgan fingerprint density at radius 3 is 3.03 bits per heavy atom. The van der Waals surface area contributed by atoms with Crippen molar-refractivity contribution in [1.82, 2.24) is 14.9 Å². The highest BCUT2D eigenvalue weighted by atomic mass is 32.2. The molecule has 1 aliphatic heterocycles. The van der Waals surface area contributed by atoms with E-state index in [1.165, 1.54) is 34.0 Å². The summed E-state index contributed by atoms with van der Waals surface area (Å²) in [6, 6.07) is 7.37. The first-order valence-electron chi connectivity index (χ1n) is 9.19. The van der Waals surface area contributed by atoms with E-state index >= 15 is 0 Å². The van der Waals surface area contributed by atoms with E-state index in [2.05, 4.69) is 17.3 Å². The summed E-state index contributed by atoms with van der Waals surface area (Å²) in [6.45, 7) is 1.98. The number of hydrogen-bond donors (Lipinski definition) is 1. The molecule has 152 valence electrons. The van der Waals surface area contributed by atoms with E-state index < -0.39 is 0 Å². The number of nitrogens with one attached hydrogen (secondary N) is 1. The largest absolute Gasteiger partial charge is 0.497 e. The Morgan fingerprint density at radius 1 is 1.38 bits per heavy atom. The minimum atomic E-state index is -0.0652. The van der Waals surface area contributed by atoms with Gasteiger partial charge in [-0.3, -0.25) is 4.79 Å². The third-order valence-corrected chi connectivity index (χ3v) is 7.35. The van der Waals surface area contributed by atoms with Gasteiger partial charge >= 0.3 is 0 Å². The predicted octanol–water partition coefficient (Wildman–Crippen LogP) is 4.14. The number of anilines is 1. The quantitative estimate of drug-likeness (QED) is 0.347. The van der Waals surface area contributed by atoms with E-state index in [0.29, 0.717) is 11.5 Å². The highest BCUT2D eigenvalue weighted by molar-refractivity contribution is 8.00. The van der Waals surface area contributed by atoms with E-state index in [0.717, 1.165) is 45.6 Å². The first kappa shape index (κ1) is 20.5. The molecule has 1 N–H and O–H groups in total. The van der Waals surface area contributed by atoms with Gasteiger partial charge in [0.25, 0.3) is 0 Å². The number of likely N-dealkylation sites (N-methyl/N-ethyl adjacent to an activating group) is 1. The number of amides is 1. The summed E-state index contributed by atoms with van der Waals surface area (Å²) in [4.78, 5) is 26.7. The topological polar surface area (TPSA) is 67.3 Å². The normalized spacial score (nSPS) is 14.0. The molecular weight excluding hydrogens is 424 g/mol. The molecule has 3 heterocycles. The molecule has 0 aliphatic carbocycles. The minimum Gasteiger partial charge on any atom is -0.497 e. The molecule has 0 radical (unpaired) electrons. The lowest BCUT2D eigenvalue weighted by Crippen LogP contribution is -2.25. The fourth-order valence-corrected chi connectivity index (χ4v) is 6.00. The standard InChI is InChI=1S/C20H22N4O2S3/c1-24-8-7-14-15(10-24)29-19-17(14)18(22-20(23-19)27-3)28-11-16(25)21-12-5-4-6-13(9-12)26-2/h4-6,9H,7-8,10-11H2,1-3H3,(H,21,25). The van der Waals surface area contributed by atoms with Gasteiger partial charge in [0.1, 0.15) is 15.6 Å². The van der Waals surface area contributed by atoms with Crippen LogP contribution < -0.4 is 10.1 Å². The van der Waals surface area contributed by atoms with Crippen LogP contribution in [0.5, 0.6) is 5.75 Å². The maximum atomic E-state index is 12.5. The molecule has 0 spiro atoms. The summed E-state index contributed by atoms with van der Waals surface area (Å²) in [5, 5.41) is 5.72. The lowest BCUT2D eigenvalue weighted by Gasteiger charge is -2.22. The molecule has 3 aromatic rings. The lowest BCUT2D eigenvalue weighted by molar-refractivity contribution is -0.113. The van der Waals surface area contributed by atoms with Crippen LogP contribution in [0.1, 0.15) is 10.4 Å². The second kappa shape index (κ2) is 8.91. The number of hydrogen-bond acceptors (Lipinski definition) is 8. The molecule has 1 amide bonds. The molecule has 2 aromatic heterocycles. The van der Waals surface area contributed by atoms with Crippen molar-refractivity contribution in [2.24, 2.45) is 0 Å². The average molecular weight is 447 g/mol. The number of methoxy groups -OCH3 is 1. The molecule has 9 heteroatoms. The number of fused-ring (bicyclic) bond motifs is 3. The zero-order valence-corrected chi connectivity index (χ0v) is 19.0. The van der Waals surface area contributed by atoms with Gasteiger partial charge < -0.3 is 15.0 Å². The molecule has 0 saturated heterocycles. The molecule has 1 aliphatic rings. The number of thioether (sulfide) groups is 2. The van der Waals surface area contributed by atoms with Gasteiger partial charge in [0.05, 0.1) is 12.9 Å². The van der Waals surface area contributed by atoms with Crippen molar-refractivity contribution in [3.05, 3.63) is 34.7 Å². The van der Waals surface area contributed by atoms with Crippen molar-refractivity contribution < 1.29 is 9.53 Å². The van der Waals surface area contributed by atoms with Gasteiger partial charge in [0.15, 0.2) is 5.16 Å². The monoisotopic (exact) mass is 446 g/mol. The Kier molecular flexibility index (Phi) is 6.29. The van der Waals surface area contributed by atoms with Crippen molar-refractivity contribution in [3.63, 3.8) is 0 Å². The van der Waals surface area contributed by atoms with Crippen LogP contribution in [0, 0.1) is 0 Å². The van der Waals surface area contributed by atoms with Crippen LogP contribution in [-0.2, 0) is 17.8 Å². The van der Waals surface area contributed by atoms with E-state index in [-0.39, 0.29) is 5.91 Å². The molecule has 0 bridgehead atoms. The highest BCUT2D eigenvalue weighted by Crippen LogP contribution is 2.39. The average Bonchev–Trinajstić information content (AvgIpc) is 3.09.